The first kappa shape index (κ1) is 17.1. The third-order valence-electron chi connectivity index (χ3n) is 1.60. The predicted octanol–water partition coefficient (Wildman–Crippen LogP) is 1.98. The molecule has 0 aromatic heterocycles. The van der Waals surface area contributed by atoms with Gasteiger partial charge in [-0.05, 0) is 62.3 Å². The van der Waals surface area contributed by atoms with Crippen LogP contribution in [0.4, 0.5) is 0 Å². The van der Waals surface area contributed by atoms with Crippen LogP contribution in [0.1, 0.15) is 62.3 Å². The van der Waals surface area contributed by atoms with Gasteiger partial charge in [0.25, 0.3) is 0 Å². The molecule has 3 nitrogen and oxygen atoms in total. The van der Waals surface area contributed by atoms with Gasteiger partial charge in [-0.2, -0.15) is 0 Å². The van der Waals surface area contributed by atoms with Crippen molar-refractivity contribution in [3.63, 3.8) is 0 Å². The number of hydrogen-bond acceptors (Lipinski definition) is 3. The van der Waals surface area contributed by atoms with E-state index in [1.165, 1.54) is 0 Å². The van der Waals surface area contributed by atoms with Gasteiger partial charge in [0.1, 0.15) is 0 Å². The van der Waals surface area contributed by atoms with Crippen molar-refractivity contribution in [2.75, 3.05) is 0 Å². The normalized spacial score (nSPS) is 15.4. The Labute approximate surface area is 110 Å². The highest BCUT2D eigenvalue weighted by molar-refractivity contribution is 6.13. The summed E-state index contributed by atoms with van der Waals surface area (Å²) >= 11 is 0. The lowest BCUT2D eigenvalue weighted by Crippen LogP contribution is -2.62. The van der Waals surface area contributed by atoms with E-state index >= 15 is 0 Å². The van der Waals surface area contributed by atoms with Crippen molar-refractivity contribution in [2.24, 2.45) is 0 Å². The van der Waals surface area contributed by atoms with Gasteiger partial charge in [0.2, 0.25) is 0 Å². The zero-order valence-electron chi connectivity index (χ0n) is 13.3. The SMILES string of the molecule is CC(C)(C)NC([SiH3])(OC(C)(C)C)OC(C)(C)C. The Hall–Kier alpha value is 0.0969. The van der Waals surface area contributed by atoms with E-state index in [1.54, 1.807) is 0 Å². The van der Waals surface area contributed by atoms with Gasteiger partial charge in [0, 0.05) is 5.54 Å². The maximum absolute atomic E-state index is 6.11. The summed E-state index contributed by atoms with van der Waals surface area (Å²) in [5, 5.41) is 3.46. The largest absolute Gasteiger partial charge is 0.336 e. The summed E-state index contributed by atoms with van der Waals surface area (Å²) in [4.78, 5) is 0. The first-order chi connectivity index (χ1) is 7.12. The van der Waals surface area contributed by atoms with Crippen molar-refractivity contribution in [3.8, 4) is 0 Å². The number of rotatable bonds is 3. The van der Waals surface area contributed by atoms with Gasteiger partial charge < -0.3 is 9.47 Å². The number of nitrogens with one attached hydrogen (secondary N) is 1. The molecule has 0 saturated heterocycles. The van der Waals surface area contributed by atoms with E-state index in [4.69, 9.17) is 9.47 Å². The molecule has 17 heavy (non-hydrogen) atoms. The molecule has 104 valence electrons. The molecule has 0 unspecified atom stereocenters. The number of ether oxygens (including phenoxy) is 2. The Morgan fingerprint density at radius 1 is 0.706 bits per heavy atom. The minimum absolute atomic E-state index is 0.0434. The molecule has 0 fully saturated rings. The maximum Gasteiger partial charge on any atom is 0.195 e. The van der Waals surface area contributed by atoms with Crippen molar-refractivity contribution in [1.29, 1.82) is 0 Å². The summed E-state index contributed by atoms with van der Waals surface area (Å²) < 4.78 is 12.2. The van der Waals surface area contributed by atoms with Gasteiger partial charge in [-0.25, -0.2) is 0 Å². The number of hydrogen-bond donors (Lipinski definition) is 1. The summed E-state index contributed by atoms with van der Waals surface area (Å²) in [7, 11) is 0.755. The van der Waals surface area contributed by atoms with Gasteiger partial charge >= 0.3 is 0 Å². The molecule has 0 atom stereocenters. The second-order valence-electron chi connectivity index (χ2n) is 7.75. The van der Waals surface area contributed by atoms with E-state index < -0.39 is 5.53 Å². The first-order valence-electron chi connectivity index (χ1n) is 6.32. The van der Waals surface area contributed by atoms with Crippen LogP contribution < -0.4 is 5.32 Å². The molecule has 1 N–H and O–H groups in total. The summed E-state index contributed by atoms with van der Waals surface area (Å²) in [6, 6.07) is 0. The van der Waals surface area contributed by atoms with E-state index in [-0.39, 0.29) is 16.7 Å². The van der Waals surface area contributed by atoms with Crippen LogP contribution in [-0.2, 0) is 9.47 Å². The van der Waals surface area contributed by atoms with Crippen LogP contribution in [0.3, 0.4) is 0 Å². The van der Waals surface area contributed by atoms with Crippen LogP contribution in [0.5, 0.6) is 0 Å². The summed E-state index contributed by atoms with van der Waals surface area (Å²) in [6.45, 7) is 18.7. The highest BCUT2D eigenvalue weighted by Crippen LogP contribution is 2.24. The molecule has 0 aromatic carbocycles. The van der Waals surface area contributed by atoms with Crippen LogP contribution in [0.25, 0.3) is 0 Å². The first-order valence-corrected chi connectivity index (χ1v) is 7.32. The van der Waals surface area contributed by atoms with Crippen molar-refractivity contribution in [2.45, 2.75) is 84.6 Å². The Balaban J connectivity index is 4.95. The minimum atomic E-state index is -0.658. The zero-order chi connectivity index (χ0) is 14.1. The van der Waals surface area contributed by atoms with Crippen molar-refractivity contribution in [1.82, 2.24) is 5.32 Å². The van der Waals surface area contributed by atoms with Gasteiger partial charge in [0.05, 0.1) is 21.4 Å². The molecular formula is C13H31NO2Si. The molecule has 0 aliphatic carbocycles. The Morgan fingerprint density at radius 3 is 1.18 bits per heavy atom. The van der Waals surface area contributed by atoms with Gasteiger partial charge in [-0.1, -0.05) is 0 Å². The quantitative estimate of drug-likeness (QED) is 0.622. The van der Waals surface area contributed by atoms with E-state index in [0.717, 1.165) is 10.2 Å². The lowest BCUT2D eigenvalue weighted by molar-refractivity contribution is -0.284. The van der Waals surface area contributed by atoms with E-state index in [9.17, 15) is 0 Å². The molecular weight excluding hydrogens is 230 g/mol. The standard InChI is InChI=1S/C13H31NO2Si/c1-10(2,3)14-13(17,15-11(4,5)6)16-12(7,8)9/h14H,1-9,17H3. The molecule has 0 aliphatic rings. The maximum atomic E-state index is 6.11. The van der Waals surface area contributed by atoms with Gasteiger partial charge in [-0.3, -0.25) is 5.32 Å². The Morgan fingerprint density at radius 2 is 1.00 bits per heavy atom. The van der Waals surface area contributed by atoms with Crippen molar-refractivity contribution >= 4 is 10.2 Å². The fourth-order valence-corrected chi connectivity index (χ4v) is 3.90. The van der Waals surface area contributed by atoms with Crippen LogP contribution in [0.15, 0.2) is 0 Å². The average molecular weight is 261 g/mol. The van der Waals surface area contributed by atoms with E-state index in [0.29, 0.717) is 0 Å². The molecule has 0 rings (SSSR count). The highest BCUT2D eigenvalue weighted by Gasteiger charge is 2.37. The fourth-order valence-electron chi connectivity index (χ4n) is 1.92. The topological polar surface area (TPSA) is 30.5 Å². The van der Waals surface area contributed by atoms with Crippen LogP contribution >= 0.6 is 0 Å². The molecule has 0 bridgehead atoms. The lowest BCUT2D eigenvalue weighted by atomic mass is 10.1. The van der Waals surface area contributed by atoms with Crippen LogP contribution in [0, 0.1) is 0 Å². The highest BCUT2D eigenvalue weighted by atomic mass is 28.1. The van der Waals surface area contributed by atoms with Crippen molar-refractivity contribution < 1.29 is 9.47 Å². The summed E-state index contributed by atoms with van der Waals surface area (Å²) in [6.07, 6.45) is 0. The third kappa shape index (κ3) is 9.77. The van der Waals surface area contributed by atoms with Gasteiger partial charge in [-0.15, -0.1) is 0 Å². The Kier molecular flexibility index (Phi) is 5.03. The molecule has 0 radical (unpaired) electrons. The van der Waals surface area contributed by atoms with Crippen LogP contribution in [0.2, 0.25) is 0 Å². The molecule has 0 heterocycles. The van der Waals surface area contributed by atoms with Crippen LogP contribution in [-0.4, -0.2) is 32.5 Å². The van der Waals surface area contributed by atoms with E-state index in [2.05, 4.69) is 67.6 Å². The molecule has 4 heteroatoms. The lowest BCUT2D eigenvalue weighted by Gasteiger charge is -2.45. The zero-order valence-corrected chi connectivity index (χ0v) is 15.3. The summed E-state index contributed by atoms with van der Waals surface area (Å²) in [5.74, 6) is 0. The predicted molar refractivity (Wildman–Crippen MR) is 77.2 cm³/mol. The average Bonchev–Trinajstić information content (AvgIpc) is 1.65. The Bertz CT molecular complexity index is 205. The smallest absolute Gasteiger partial charge is 0.195 e. The van der Waals surface area contributed by atoms with Crippen molar-refractivity contribution in [3.05, 3.63) is 0 Å². The van der Waals surface area contributed by atoms with Gasteiger partial charge in [0.15, 0.2) is 5.53 Å². The molecule has 0 spiro atoms. The molecule has 0 aromatic rings. The second-order valence-corrected chi connectivity index (χ2v) is 9.07. The fraction of sp³-hybridized carbons (Fsp3) is 1.00. The molecule has 0 saturated carbocycles. The second kappa shape index (κ2) is 5.00. The molecule has 0 aliphatic heterocycles. The summed E-state index contributed by atoms with van der Waals surface area (Å²) in [5.41, 5.74) is -1.16. The van der Waals surface area contributed by atoms with E-state index in [1.807, 2.05) is 0 Å². The third-order valence-corrected chi connectivity index (χ3v) is 2.26. The minimum Gasteiger partial charge on any atom is -0.336 e. The monoisotopic (exact) mass is 261 g/mol. The molecule has 0 amide bonds.